The molecule has 13 heavy (non-hydrogen) atoms. The van der Waals surface area contributed by atoms with Crippen molar-refractivity contribution in [2.45, 2.75) is 32.2 Å². The molecule has 5 nitrogen and oxygen atoms in total. The van der Waals surface area contributed by atoms with Crippen LogP contribution in [-0.2, 0) is 9.63 Å². The fourth-order valence-electron chi connectivity index (χ4n) is 1.34. The molecule has 1 rings (SSSR count). The molecule has 1 aliphatic heterocycles. The Morgan fingerprint density at radius 1 is 1.69 bits per heavy atom. The molecule has 0 radical (unpaired) electrons. The van der Waals surface area contributed by atoms with Crippen LogP contribution in [0.5, 0.6) is 0 Å². The van der Waals surface area contributed by atoms with E-state index in [4.69, 9.17) is 0 Å². The predicted molar refractivity (Wildman–Crippen MR) is 46.8 cm³/mol. The van der Waals surface area contributed by atoms with Crippen LogP contribution in [0.2, 0.25) is 0 Å². The van der Waals surface area contributed by atoms with Crippen LogP contribution < -0.4 is 0 Å². The number of rotatable bonds is 5. The largest absolute Gasteiger partial charge is 0.359 e. The van der Waals surface area contributed by atoms with Crippen molar-refractivity contribution in [2.24, 2.45) is 5.34 Å². The van der Waals surface area contributed by atoms with Crippen molar-refractivity contribution in [1.29, 1.82) is 0 Å². The fraction of sp³-hybridized carbons (Fsp3) is 0.875. The van der Waals surface area contributed by atoms with Crippen molar-refractivity contribution < 1.29 is 9.63 Å². The molecular formula is C8H14N2O3. The van der Waals surface area contributed by atoms with E-state index in [1.54, 1.807) is 6.92 Å². The molecule has 0 aliphatic carbocycles. The molecule has 2 atom stereocenters. The highest BCUT2D eigenvalue weighted by molar-refractivity contribution is 5.83. The summed E-state index contributed by atoms with van der Waals surface area (Å²) in [5, 5.41) is 2.13. The summed E-state index contributed by atoms with van der Waals surface area (Å²) in [7, 11) is 0. The summed E-state index contributed by atoms with van der Waals surface area (Å²) in [6.45, 7) is 5.39. The molecule has 1 fully saturated rings. The summed E-state index contributed by atoms with van der Waals surface area (Å²) in [5.74, 6) is -0.543. The summed E-state index contributed by atoms with van der Waals surface area (Å²) in [6.07, 6.45) is 2.14. The average Bonchev–Trinajstić information content (AvgIpc) is 2.76. The molecule has 0 spiro atoms. The van der Waals surface area contributed by atoms with Gasteiger partial charge in [0.05, 0.1) is 0 Å². The second-order valence-electron chi connectivity index (χ2n) is 3.50. The molecular weight excluding hydrogens is 172 g/mol. The zero-order chi connectivity index (χ0) is 9.90. The monoisotopic (exact) mass is 186 g/mol. The molecule has 1 heterocycles. The SMILES string of the molecule is CCCCN1CC1(C)C(=O)ON=O. The van der Waals surface area contributed by atoms with Crippen LogP contribution in [0.1, 0.15) is 26.7 Å². The van der Waals surface area contributed by atoms with E-state index in [0.29, 0.717) is 6.54 Å². The first kappa shape index (κ1) is 10.1. The van der Waals surface area contributed by atoms with Crippen LogP contribution in [0.15, 0.2) is 5.34 Å². The molecule has 74 valence electrons. The Hall–Kier alpha value is -0.970. The van der Waals surface area contributed by atoms with E-state index in [2.05, 4.69) is 17.1 Å². The van der Waals surface area contributed by atoms with Crippen LogP contribution in [0.4, 0.5) is 0 Å². The average molecular weight is 186 g/mol. The zero-order valence-electron chi connectivity index (χ0n) is 7.95. The molecule has 0 bridgehead atoms. The van der Waals surface area contributed by atoms with E-state index in [-0.39, 0.29) is 0 Å². The smallest absolute Gasteiger partial charge is 0.285 e. The molecule has 0 aromatic rings. The lowest BCUT2D eigenvalue weighted by atomic mass is 10.2. The Balaban J connectivity index is 2.35. The number of hydrogen-bond acceptors (Lipinski definition) is 5. The second-order valence-corrected chi connectivity index (χ2v) is 3.50. The maximum atomic E-state index is 11.1. The molecule has 1 aliphatic rings. The number of carbonyl (C=O) groups is 1. The van der Waals surface area contributed by atoms with Gasteiger partial charge in [0.1, 0.15) is 5.54 Å². The van der Waals surface area contributed by atoms with Gasteiger partial charge in [0.15, 0.2) is 5.34 Å². The van der Waals surface area contributed by atoms with E-state index in [0.717, 1.165) is 19.4 Å². The summed E-state index contributed by atoms with van der Waals surface area (Å²) in [6, 6.07) is 0. The van der Waals surface area contributed by atoms with Crippen molar-refractivity contribution in [1.82, 2.24) is 4.90 Å². The van der Waals surface area contributed by atoms with Crippen molar-refractivity contribution in [3.63, 3.8) is 0 Å². The van der Waals surface area contributed by atoms with Crippen molar-refractivity contribution in [3.8, 4) is 0 Å². The van der Waals surface area contributed by atoms with Crippen molar-refractivity contribution in [3.05, 3.63) is 4.91 Å². The molecule has 0 saturated carbocycles. The van der Waals surface area contributed by atoms with Gasteiger partial charge in [-0.15, -0.1) is 4.91 Å². The minimum Gasteiger partial charge on any atom is -0.285 e. The second kappa shape index (κ2) is 3.83. The number of hydrogen-bond donors (Lipinski definition) is 0. The van der Waals surface area contributed by atoms with Gasteiger partial charge in [0.2, 0.25) is 0 Å². The molecule has 0 amide bonds. The standard InChI is InChI=1S/C8H14N2O3/c1-3-4-5-10-6-8(10,2)7(11)13-9-12/h3-6H2,1-2H3. The number of carbonyl (C=O) groups excluding carboxylic acids is 1. The molecule has 0 N–H and O–H groups in total. The van der Waals surface area contributed by atoms with Gasteiger partial charge < -0.3 is 0 Å². The van der Waals surface area contributed by atoms with E-state index >= 15 is 0 Å². The lowest BCUT2D eigenvalue weighted by Crippen LogP contribution is -2.27. The highest BCUT2D eigenvalue weighted by Gasteiger charge is 2.55. The van der Waals surface area contributed by atoms with Gasteiger partial charge in [-0.25, -0.2) is 4.79 Å². The molecule has 1 saturated heterocycles. The van der Waals surface area contributed by atoms with Crippen LogP contribution >= 0.6 is 0 Å². The van der Waals surface area contributed by atoms with Crippen molar-refractivity contribution >= 4 is 5.97 Å². The number of nitrogens with zero attached hydrogens (tertiary/aromatic N) is 2. The van der Waals surface area contributed by atoms with Gasteiger partial charge in [-0.3, -0.25) is 9.74 Å². The van der Waals surface area contributed by atoms with Crippen LogP contribution in [0.25, 0.3) is 0 Å². The fourth-order valence-corrected chi connectivity index (χ4v) is 1.34. The highest BCUT2D eigenvalue weighted by Crippen LogP contribution is 2.33. The van der Waals surface area contributed by atoms with E-state index in [1.807, 2.05) is 4.90 Å². The third kappa shape index (κ3) is 2.03. The summed E-state index contributed by atoms with van der Waals surface area (Å²) in [4.78, 5) is 26.9. The Morgan fingerprint density at radius 3 is 2.92 bits per heavy atom. The van der Waals surface area contributed by atoms with Gasteiger partial charge in [0, 0.05) is 6.54 Å². The van der Waals surface area contributed by atoms with Crippen LogP contribution in [0, 0.1) is 4.91 Å². The quantitative estimate of drug-likeness (QED) is 0.366. The van der Waals surface area contributed by atoms with Crippen LogP contribution in [0.3, 0.4) is 0 Å². The Morgan fingerprint density at radius 2 is 2.38 bits per heavy atom. The van der Waals surface area contributed by atoms with E-state index < -0.39 is 11.5 Å². The third-order valence-corrected chi connectivity index (χ3v) is 2.43. The first-order valence-electron chi connectivity index (χ1n) is 4.44. The molecule has 5 heteroatoms. The predicted octanol–water partition coefficient (Wildman–Crippen LogP) is 1.09. The minimum atomic E-state index is -0.594. The van der Waals surface area contributed by atoms with E-state index in [9.17, 15) is 9.70 Å². The Kier molecular flexibility index (Phi) is 2.98. The van der Waals surface area contributed by atoms with Crippen molar-refractivity contribution in [2.75, 3.05) is 13.1 Å². The van der Waals surface area contributed by atoms with Gasteiger partial charge in [0.25, 0.3) is 0 Å². The Bertz CT molecular complexity index is 219. The van der Waals surface area contributed by atoms with E-state index in [1.165, 1.54) is 0 Å². The maximum absolute atomic E-state index is 11.1. The highest BCUT2D eigenvalue weighted by atomic mass is 16.7. The normalized spacial score (nSPS) is 31.1. The van der Waals surface area contributed by atoms with Gasteiger partial charge >= 0.3 is 5.97 Å². The molecule has 0 aromatic heterocycles. The minimum absolute atomic E-state index is 0.543. The summed E-state index contributed by atoms with van der Waals surface area (Å²) >= 11 is 0. The zero-order valence-corrected chi connectivity index (χ0v) is 7.95. The van der Waals surface area contributed by atoms with Gasteiger partial charge in [-0.1, -0.05) is 13.3 Å². The summed E-state index contributed by atoms with van der Waals surface area (Å²) < 4.78 is 0. The third-order valence-electron chi connectivity index (χ3n) is 2.43. The number of unbranched alkanes of at least 4 members (excludes halogenated alkanes) is 1. The van der Waals surface area contributed by atoms with Gasteiger partial charge in [-0.2, -0.15) is 0 Å². The first-order valence-corrected chi connectivity index (χ1v) is 4.44. The Labute approximate surface area is 77.0 Å². The maximum Gasteiger partial charge on any atom is 0.359 e. The lowest BCUT2D eigenvalue weighted by molar-refractivity contribution is -0.147. The lowest BCUT2D eigenvalue weighted by Gasteiger charge is -2.06. The van der Waals surface area contributed by atoms with Gasteiger partial charge in [-0.05, 0) is 19.9 Å². The topological polar surface area (TPSA) is 58.7 Å². The summed E-state index contributed by atoms with van der Waals surface area (Å²) in [5.41, 5.74) is -0.594. The molecule has 2 unspecified atom stereocenters. The van der Waals surface area contributed by atoms with Crippen LogP contribution in [-0.4, -0.2) is 29.5 Å². The first-order chi connectivity index (χ1) is 6.15. The molecule has 0 aromatic carbocycles.